The summed E-state index contributed by atoms with van der Waals surface area (Å²) in [4.78, 5) is 26.7. The molecule has 0 aromatic heterocycles. The Labute approximate surface area is 181 Å². The summed E-state index contributed by atoms with van der Waals surface area (Å²) in [5.41, 5.74) is 0.0544. The van der Waals surface area contributed by atoms with Gasteiger partial charge in [-0.1, -0.05) is 20.8 Å². The maximum atomic E-state index is 13.3. The molecule has 2 saturated carbocycles. The van der Waals surface area contributed by atoms with Gasteiger partial charge in [-0.3, -0.25) is 9.59 Å². The summed E-state index contributed by atoms with van der Waals surface area (Å²) < 4.78 is 10.3. The number of aliphatic hydroxyl groups is 1. The summed E-state index contributed by atoms with van der Waals surface area (Å²) in [7, 11) is 3.26. The molecule has 30 heavy (non-hydrogen) atoms. The molecule has 0 bridgehead atoms. The minimum absolute atomic E-state index is 0.0206. The highest BCUT2D eigenvalue weighted by molar-refractivity contribution is 5.79. The second-order valence-electron chi connectivity index (χ2n) is 9.68. The second-order valence-corrected chi connectivity index (χ2v) is 9.68. The molecule has 0 radical (unpaired) electrons. The number of carbonyl (C=O) groups excluding carboxylic acids is 2. The quantitative estimate of drug-likeness (QED) is 0.589. The van der Waals surface area contributed by atoms with E-state index < -0.39 is 6.10 Å². The first-order chi connectivity index (χ1) is 14.2. The van der Waals surface area contributed by atoms with Gasteiger partial charge in [0.1, 0.15) is 0 Å². The van der Waals surface area contributed by atoms with Crippen molar-refractivity contribution in [3.8, 4) is 0 Å². The largest absolute Gasteiger partial charge is 0.392 e. The SMILES string of the molecule is COCCN(CCOC)C(=O)[C@@H](C)[C@@H]1CC[C@@]2(C)CC[C@H](NC(C)=O)[C@@H](C)[C@@H]2[C@H]1O. The molecule has 2 aliphatic carbocycles. The van der Waals surface area contributed by atoms with Gasteiger partial charge in [-0.25, -0.2) is 0 Å². The Kier molecular flexibility index (Phi) is 9.13. The molecule has 0 saturated heterocycles. The Morgan fingerprint density at radius 3 is 2.27 bits per heavy atom. The van der Waals surface area contributed by atoms with Crippen LogP contribution in [0.3, 0.4) is 0 Å². The van der Waals surface area contributed by atoms with Crippen LogP contribution in [0.2, 0.25) is 0 Å². The second kappa shape index (κ2) is 10.9. The van der Waals surface area contributed by atoms with Crippen LogP contribution >= 0.6 is 0 Å². The van der Waals surface area contributed by atoms with Crippen LogP contribution in [0, 0.1) is 29.1 Å². The average Bonchev–Trinajstić information content (AvgIpc) is 2.69. The maximum Gasteiger partial charge on any atom is 0.225 e. The zero-order valence-corrected chi connectivity index (χ0v) is 19.6. The Bertz CT molecular complexity index is 578. The standard InChI is InChI=1S/C23H42N2O5/c1-15(22(28)25(11-13-29-5)12-14-30-6)18-7-9-23(4)10-8-19(24-17(3)26)16(2)20(23)21(18)27/h15-16,18-21,27H,7-14H2,1-6H3,(H,24,26)/t15-,16+,18-,19-,20+,21-,23-/m0/s1. The topological polar surface area (TPSA) is 88.1 Å². The lowest BCUT2D eigenvalue weighted by molar-refractivity contribution is -0.151. The van der Waals surface area contributed by atoms with Crippen molar-refractivity contribution in [2.45, 2.75) is 65.5 Å². The fourth-order valence-electron chi connectivity index (χ4n) is 5.96. The van der Waals surface area contributed by atoms with Gasteiger partial charge in [-0.2, -0.15) is 0 Å². The van der Waals surface area contributed by atoms with E-state index in [0.29, 0.717) is 26.3 Å². The molecule has 0 aliphatic heterocycles. The molecule has 0 heterocycles. The Morgan fingerprint density at radius 1 is 1.17 bits per heavy atom. The van der Waals surface area contributed by atoms with Gasteiger partial charge in [0.05, 0.1) is 19.3 Å². The lowest BCUT2D eigenvalue weighted by atomic mass is 9.51. The number of ether oxygens (including phenoxy) is 2. The van der Waals surface area contributed by atoms with Gasteiger partial charge in [0.25, 0.3) is 0 Å². The first-order valence-electron chi connectivity index (χ1n) is 11.4. The van der Waals surface area contributed by atoms with E-state index in [9.17, 15) is 14.7 Å². The number of aliphatic hydroxyl groups excluding tert-OH is 1. The van der Waals surface area contributed by atoms with Gasteiger partial charge in [0.15, 0.2) is 0 Å². The van der Waals surface area contributed by atoms with E-state index in [-0.39, 0.29) is 46.9 Å². The van der Waals surface area contributed by atoms with Gasteiger partial charge in [-0.15, -0.1) is 0 Å². The number of hydrogen-bond acceptors (Lipinski definition) is 5. The summed E-state index contributed by atoms with van der Waals surface area (Å²) in [6.45, 7) is 9.91. The van der Waals surface area contributed by atoms with Crippen LogP contribution in [0.25, 0.3) is 0 Å². The van der Waals surface area contributed by atoms with Crippen LogP contribution in [-0.4, -0.2) is 74.5 Å². The number of hydrogen-bond donors (Lipinski definition) is 2. The summed E-state index contributed by atoms with van der Waals surface area (Å²) in [5.74, 6) is -0.0750. The minimum Gasteiger partial charge on any atom is -0.392 e. The van der Waals surface area contributed by atoms with E-state index in [1.165, 1.54) is 0 Å². The lowest BCUT2D eigenvalue weighted by Crippen LogP contribution is -2.58. The molecule has 7 atom stereocenters. The van der Waals surface area contributed by atoms with Gasteiger partial charge in [0, 0.05) is 46.2 Å². The number of carbonyl (C=O) groups is 2. The Balaban J connectivity index is 2.15. The van der Waals surface area contributed by atoms with Crippen molar-refractivity contribution < 1.29 is 24.2 Å². The van der Waals surface area contributed by atoms with Crippen molar-refractivity contribution in [3.63, 3.8) is 0 Å². The molecule has 0 aromatic rings. The van der Waals surface area contributed by atoms with Crippen molar-refractivity contribution in [2.75, 3.05) is 40.5 Å². The van der Waals surface area contributed by atoms with Crippen molar-refractivity contribution in [2.24, 2.45) is 29.1 Å². The molecular weight excluding hydrogens is 384 g/mol. The number of nitrogens with zero attached hydrogens (tertiary/aromatic N) is 1. The average molecular weight is 427 g/mol. The summed E-state index contributed by atoms with van der Waals surface area (Å²) in [6.07, 6.45) is 3.24. The number of nitrogens with one attached hydrogen (secondary N) is 1. The van der Waals surface area contributed by atoms with Crippen LogP contribution in [0.1, 0.15) is 53.4 Å². The summed E-state index contributed by atoms with van der Waals surface area (Å²) in [6, 6.07) is 0.0832. The van der Waals surface area contributed by atoms with E-state index in [1.807, 2.05) is 6.92 Å². The highest BCUT2D eigenvalue weighted by Crippen LogP contribution is 2.55. The third-order valence-electron chi connectivity index (χ3n) is 7.75. The number of fused-ring (bicyclic) bond motifs is 1. The van der Waals surface area contributed by atoms with E-state index in [0.717, 1.165) is 25.7 Å². The highest BCUT2D eigenvalue weighted by Gasteiger charge is 2.54. The highest BCUT2D eigenvalue weighted by atomic mass is 16.5. The Morgan fingerprint density at radius 2 is 1.73 bits per heavy atom. The van der Waals surface area contributed by atoms with E-state index in [1.54, 1.807) is 26.0 Å². The lowest BCUT2D eigenvalue weighted by Gasteiger charge is -2.56. The molecule has 0 aromatic carbocycles. The smallest absolute Gasteiger partial charge is 0.225 e. The minimum atomic E-state index is -0.555. The predicted molar refractivity (Wildman–Crippen MR) is 116 cm³/mol. The first kappa shape index (κ1) is 25.1. The fourth-order valence-corrected chi connectivity index (χ4v) is 5.96. The zero-order valence-electron chi connectivity index (χ0n) is 19.6. The van der Waals surface area contributed by atoms with E-state index in [4.69, 9.17) is 9.47 Å². The van der Waals surface area contributed by atoms with Crippen molar-refractivity contribution in [3.05, 3.63) is 0 Å². The third kappa shape index (κ3) is 5.54. The van der Waals surface area contributed by atoms with Crippen molar-refractivity contribution in [1.82, 2.24) is 10.2 Å². The molecule has 2 aliphatic rings. The van der Waals surface area contributed by atoms with Crippen LogP contribution in [0.15, 0.2) is 0 Å². The van der Waals surface area contributed by atoms with Gasteiger partial charge >= 0.3 is 0 Å². The maximum absolute atomic E-state index is 13.3. The van der Waals surface area contributed by atoms with Crippen LogP contribution < -0.4 is 5.32 Å². The van der Waals surface area contributed by atoms with Crippen LogP contribution in [0.4, 0.5) is 0 Å². The van der Waals surface area contributed by atoms with Crippen molar-refractivity contribution in [1.29, 1.82) is 0 Å². The monoisotopic (exact) mass is 426 g/mol. The molecule has 2 fully saturated rings. The van der Waals surface area contributed by atoms with Gasteiger partial charge in [0.2, 0.25) is 11.8 Å². The molecule has 2 rings (SSSR count). The molecule has 7 nitrogen and oxygen atoms in total. The molecule has 2 N–H and O–H groups in total. The molecule has 0 spiro atoms. The molecule has 0 unspecified atom stereocenters. The summed E-state index contributed by atoms with van der Waals surface area (Å²) >= 11 is 0. The Hall–Kier alpha value is -1.18. The molecular formula is C23H42N2O5. The third-order valence-corrected chi connectivity index (χ3v) is 7.75. The van der Waals surface area contributed by atoms with Crippen LogP contribution in [-0.2, 0) is 19.1 Å². The fraction of sp³-hybridized carbons (Fsp3) is 0.913. The number of methoxy groups -OCH3 is 2. The van der Waals surface area contributed by atoms with E-state index >= 15 is 0 Å². The van der Waals surface area contributed by atoms with Crippen molar-refractivity contribution >= 4 is 11.8 Å². The normalized spacial score (nSPS) is 34.7. The number of rotatable bonds is 9. The molecule has 174 valence electrons. The predicted octanol–water partition coefficient (Wildman–Crippen LogP) is 2.07. The first-order valence-corrected chi connectivity index (χ1v) is 11.4. The molecule has 2 amide bonds. The molecule has 7 heteroatoms. The number of amides is 2. The van der Waals surface area contributed by atoms with E-state index in [2.05, 4.69) is 19.2 Å². The van der Waals surface area contributed by atoms with Gasteiger partial charge < -0.3 is 24.8 Å². The van der Waals surface area contributed by atoms with Crippen LogP contribution in [0.5, 0.6) is 0 Å². The summed E-state index contributed by atoms with van der Waals surface area (Å²) in [5, 5.41) is 14.6. The van der Waals surface area contributed by atoms with Gasteiger partial charge in [-0.05, 0) is 48.9 Å². The zero-order chi connectivity index (χ0) is 22.5.